The van der Waals surface area contributed by atoms with Gasteiger partial charge in [-0.15, -0.1) is 0 Å². The highest BCUT2D eigenvalue weighted by molar-refractivity contribution is 6.70. The molecule has 0 aliphatic rings. The highest BCUT2D eigenvalue weighted by Crippen LogP contribution is 2.21. The van der Waals surface area contributed by atoms with Crippen LogP contribution in [0.5, 0.6) is 5.75 Å². The van der Waals surface area contributed by atoms with Crippen LogP contribution >= 0.6 is 0 Å². The van der Waals surface area contributed by atoms with Crippen LogP contribution in [0.15, 0.2) is 24.3 Å². The summed E-state index contributed by atoms with van der Waals surface area (Å²) in [6.07, 6.45) is 3.45. The van der Waals surface area contributed by atoms with Crippen LogP contribution in [0, 0.1) is 0 Å². The van der Waals surface area contributed by atoms with E-state index in [-0.39, 0.29) is 6.04 Å². The first-order valence-electron chi connectivity index (χ1n) is 6.47. The lowest BCUT2D eigenvalue weighted by Crippen LogP contribution is -2.29. The summed E-state index contributed by atoms with van der Waals surface area (Å²) in [5, 5.41) is 0. The number of hydrogen-bond donors (Lipinski definition) is 1. The van der Waals surface area contributed by atoms with E-state index in [0.29, 0.717) is 0 Å². The summed E-state index contributed by atoms with van der Waals surface area (Å²) in [7, 11) is -1.49. The molecule has 0 spiro atoms. The van der Waals surface area contributed by atoms with E-state index in [1.165, 1.54) is 18.4 Å². The third kappa shape index (κ3) is 5.37. The Bertz CT molecular complexity index is 329. The van der Waals surface area contributed by atoms with Crippen LogP contribution in [0.4, 0.5) is 0 Å². The van der Waals surface area contributed by atoms with Gasteiger partial charge < -0.3 is 10.2 Å². The maximum Gasteiger partial charge on any atom is 0.242 e. The van der Waals surface area contributed by atoms with E-state index in [4.69, 9.17) is 10.2 Å². The van der Waals surface area contributed by atoms with E-state index < -0.39 is 8.32 Å². The highest BCUT2D eigenvalue weighted by Gasteiger charge is 2.16. The molecule has 0 saturated heterocycles. The molecule has 0 saturated carbocycles. The van der Waals surface area contributed by atoms with E-state index in [9.17, 15) is 0 Å². The van der Waals surface area contributed by atoms with Crippen LogP contribution in [0.2, 0.25) is 19.6 Å². The number of nitrogens with two attached hydrogens (primary N) is 1. The summed E-state index contributed by atoms with van der Waals surface area (Å²) in [5.41, 5.74) is 7.34. The normalized spacial score (nSPS) is 13.5. The molecule has 0 unspecified atom stereocenters. The van der Waals surface area contributed by atoms with Crippen LogP contribution in [-0.4, -0.2) is 8.32 Å². The Labute approximate surface area is 106 Å². The summed E-state index contributed by atoms with van der Waals surface area (Å²) in [6, 6.07) is 8.43. The van der Waals surface area contributed by atoms with Crippen LogP contribution in [0.25, 0.3) is 0 Å². The average molecular weight is 251 g/mol. The van der Waals surface area contributed by atoms with Crippen LogP contribution < -0.4 is 10.2 Å². The molecule has 0 bridgehead atoms. The topological polar surface area (TPSA) is 35.2 Å². The van der Waals surface area contributed by atoms with Crippen LogP contribution in [0.3, 0.4) is 0 Å². The molecule has 0 fully saturated rings. The van der Waals surface area contributed by atoms with Crippen molar-refractivity contribution >= 4 is 8.32 Å². The number of hydrogen-bond acceptors (Lipinski definition) is 2. The molecule has 2 nitrogen and oxygen atoms in total. The molecule has 1 atom stereocenters. The van der Waals surface area contributed by atoms with Crippen molar-refractivity contribution in [2.24, 2.45) is 5.73 Å². The molecular formula is C14H25NOSi. The van der Waals surface area contributed by atoms with Crippen molar-refractivity contribution in [3.63, 3.8) is 0 Å². The van der Waals surface area contributed by atoms with Gasteiger partial charge in [0.1, 0.15) is 5.75 Å². The molecule has 0 amide bonds. The van der Waals surface area contributed by atoms with Gasteiger partial charge in [-0.25, -0.2) is 0 Å². The Morgan fingerprint density at radius 1 is 1.18 bits per heavy atom. The van der Waals surface area contributed by atoms with Crippen molar-refractivity contribution in [3.05, 3.63) is 29.8 Å². The van der Waals surface area contributed by atoms with Crippen molar-refractivity contribution in [2.45, 2.75) is 51.9 Å². The first-order chi connectivity index (χ1) is 7.92. The van der Waals surface area contributed by atoms with Gasteiger partial charge in [-0.05, 0) is 43.8 Å². The molecule has 0 aliphatic heterocycles. The number of rotatable bonds is 6. The summed E-state index contributed by atoms with van der Waals surface area (Å²) in [6.45, 7) is 8.76. The van der Waals surface area contributed by atoms with Gasteiger partial charge in [0.05, 0.1) is 0 Å². The lowest BCUT2D eigenvalue weighted by molar-refractivity contribution is 0.555. The quantitative estimate of drug-likeness (QED) is 0.773. The van der Waals surface area contributed by atoms with Gasteiger partial charge in [-0.1, -0.05) is 31.9 Å². The largest absolute Gasteiger partial charge is 0.544 e. The molecule has 0 heterocycles. The van der Waals surface area contributed by atoms with Gasteiger partial charge in [-0.2, -0.15) is 0 Å². The molecule has 0 aliphatic carbocycles. The Kier molecular flexibility index (Phi) is 5.21. The molecule has 2 N–H and O–H groups in total. The van der Waals surface area contributed by atoms with E-state index >= 15 is 0 Å². The van der Waals surface area contributed by atoms with Gasteiger partial charge in [-0.3, -0.25) is 0 Å². The van der Waals surface area contributed by atoms with Crippen LogP contribution in [-0.2, 0) is 0 Å². The molecule has 1 aromatic carbocycles. The van der Waals surface area contributed by atoms with Crippen LogP contribution in [0.1, 0.15) is 37.8 Å². The van der Waals surface area contributed by atoms with E-state index in [2.05, 4.69) is 38.7 Å². The van der Waals surface area contributed by atoms with Crippen molar-refractivity contribution in [3.8, 4) is 5.75 Å². The van der Waals surface area contributed by atoms with E-state index in [0.717, 1.165) is 12.2 Å². The maximum atomic E-state index is 6.13. The Morgan fingerprint density at radius 2 is 1.76 bits per heavy atom. The monoisotopic (exact) mass is 251 g/mol. The number of benzene rings is 1. The fourth-order valence-corrected chi connectivity index (χ4v) is 2.57. The summed E-state index contributed by atoms with van der Waals surface area (Å²) < 4.78 is 5.92. The predicted octanol–water partition coefficient (Wildman–Crippen LogP) is 4.09. The third-order valence-electron chi connectivity index (χ3n) is 2.60. The van der Waals surface area contributed by atoms with Crippen molar-refractivity contribution < 1.29 is 4.43 Å². The second-order valence-electron chi connectivity index (χ2n) is 5.53. The Balaban J connectivity index is 2.61. The molecule has 0 aromatic heterocycles. The minimum atomic E-state index is -1.49. The fourth-order valence-electron chi connectivity index (χ4n) is 1.73. The van der Waals surface area contributed by atoms with Gasteiger partial charge in [0, 0.05) is 6.04 Å². The second kappa shape index (κ2) is 6.22. The van der Waals surface area contributed by atoms with Crippen molar-refractivity contribution in [1.29, 1.82) is 0 Å². The molecule has 17 heavy (non-hydrogen) atoms. The van der Waals surface area contributed by atoms with Gasteiger partial charge in [0.15, 0.2) is 0 Å². The van der Waals surface area contributed by atoms with Gasteiger partial charge >= 0.3 is 0 Å². The van der Waals surface area contributed by atoms with Gasteiger partial charge in [0.2, 0.25) is 8.32 Å². The molecule has 1 aromatic rings. The first kappa shape index (κ1) is 14.3. The molecule has 0 radical (unpaired) electrons. The fraction of sp³-hybridized carbons (Fsp3) is 0.571. The minimum Gasteiger partial charge on any atom is -0.544 e. The lowest BCUT2D eigenvalue weighted by atomic mass is 10.0. The first-order valence-corrected chi connectivity index (χ1v) is 9.88. The SMILES string of the molecule is CCCC[C@H](N)c1ccc(O[Si](C)(C)C)cc1. The van der Waals surface area contributed by atoms with Crippen molar-refractivity contribution in [2.75, 3.05) is 0 Å². The molecular weight excluding hydrogens is 226 g/mol. The zero-order chi connectivity index (χ0) is 12.9. The zero-order valence-corrected chi connectivity index (χ0v) is 12.5. The van der Waals surface area contributed by atoms with Crippen molar-refractivity contribution in [1.82, 2.24) is 0 Å². The molecule has 96 valence electrons. The summed E-state index contributed by atoms with van der Waals surface area (Å²) in [5.74, 6) is 0.968. The van der Waals surface area contributed by atoms with Gasteiger partial charge in [0.25, 0.3) is 0 Å². The molecule has 3 heteroatoms. The zero-order valence-electron chi connectivity index (χ0n) is 11.5. The summed E-state index contributed by atoms with van der Waals surface area (Å²) in [4.78, 5) is 0. The van der Waals surface area contributed by atoms with E-state index in [1.54, 1.807) is 0 Å². The average Bonchev–Trinajstić information content (AvgIpc) is 2.24. The third-order valence-corrected chi connectivity index (χ3v) is 3.45. The Morgan fingerprint density at radius 3 is 2.24 bits per heavy atom. The standard InChI is InChI=1S/C14H25NOSi/c1-5-6-7-14(15)12-8-10-13(11-9-12)16-17(2,3)4/h8-11,14H,5-7,15H2,1-4H3/t14-/m0/s1. The summed E-state index contributed by atoms with van der Waals surface area (Å²) >= 11 is 0. The Hall–Kier alpha value is -0.803. The van der Waals surface area contributed by atoms with E-state index in [1.807, 2.05) is 12.1 Å². The predicted molar refractivity (Wildman–Crippen MR) is 76.9 cm³/mol. The lowest BCUT2D eigenvalue weighted by Gasteiger charge is -2.20. The number of unbranched alkanes of at least 4 members (excludes halogenated alkanes) is 1. The maximum absolute atomic E-state index is 6.13. The second-order valence-corrected chi connectivity index (χ2v) is 9.96. The molecule has 1 rings (SSSR count). The highest BCUT2D eigenvalue weighted by atomic mass is 28.4. The smallest absolute Gasteiger partial charge is 0.242 e. The minimum absolute atomic E-state index is 0.163.